The molecule has 7 heteroatoms. The Morgan fingerprint density at radius 1 is 1.18 bits per heavy atom. The van der Waals surface area contributed by atoms with Crippen molar-refractivity contribution in [1.29, 1.82) is 0 Å². The monoisotopic (exact) mass is 324 g/mol. The fourth-order valence-electron chi connectivity index (χ4n) is 3.51. The van der Waals surface area contributed by atoms with Crippen LogP contribution in [0.1, 0.15) is 36.3 Å². The molecule has 1 fully saturated rings. The fraction of sp³-hybridized carbons (Fsp3) is 0.733. The number of aromatic nitrogens is 2. The average Bonchev–Trinajstić information content (AvgIpc) is 2.93. The summed E-state index contributed by atoms with van der Waals surface area (Å²) >= 11 is 0. The van der Waals surface area contributed by atoms with Gasteiger partial charge in [0.25, 0.3) is 0 Å². The maximum Gasteiger partial charge on any atom is 0.211 e. The molecule has 1 aliphatic heterocycles. The van der Waals surface area contributed by atoms with E-state index in [9.17, 15) is 8.42 Å². The van der Waals surface area contributed by atoms with Crippen molar-refractivity contribution in [1.82, 2.24) is 14.3 Å². The van der Waals surface area contributed by atoms with Gasteiger partial charge in [0.2, 0.25) is 10.0 Å². The summed E-state index contributed by atoms with van der Waals surface area (Å²) in [6, 6.07) is 0.0993. The lowest BCUT2D eigenvalue weighted by molar-refractivity contribution is 0.313. The van der Waals surface area contributed by atoms with E-state index in [-0.39, 0.29) is 6.04 Å². The van der Waals surface area contributed by atoms with Crippen molar-refractivity contribution in [2.75, 3.05) is 31.3 Å². The molecule has 122 valence electrons. The van der Waals surface area contributed by atoms with Crippen LogP contribution in [0.15, 0.2) is 0 Å². The maximum absolute atomic E-state index is 11.7. The van der Waals surface area contributed by atoms with Crippen molar-refractivity contribution < 1.29 is 8.42 Å². The maximum atomic E-state index is 11.7. The van der Waals surface area contributed by atoms with Crippen LogP contribution in [0.2, 0.25) is 0 Å². The number of anilines is 1. The summed E-state index contributed by atoms with van der Waals surface area (Å²) in [7, 11) is -1.43. The predicted octanol–water partition coefficient (Wildman–Crippen LogP) is 1.13. The highest BCUT2D eigenvalue weighted by Gasteiger charge is 2.30. The number of aryl methyl sites for hydroxylation is 2. The van der Waals surface area contributed by atoms with Crippen LogP contribution in [0.4, 0.5) is 5.82 Å². The summed E-state index contributed by atoms with van der Waals surface area (Å²) in [6.07, 6.45) is 6.25. The molecule has 3 rings (SSSR count). The molecule has 0 N–H and O–H groups in total. The first-order valence-electron chi connectivity index (χ1n) is 7.90. The van der Waals surface area contributed by atoms with E-state index < -0.39 is 10.0 Å². The third-order valence-corrected chi connectivity index (χ3v) is 6.17. The average molecular weight is 324 g/mol. The van der Waals surface area contributed by atoms with Crippen LogP contribution in [0.3, 0.4) is 0 Å². The van der Waals surface area contributed by atoms with E-state index in [1.165, 1.54) is 21.8 Å². The molecule has 1 aromatic rings. The molecule has 0 spiro atoms. The smallest absolute Gasteiger partial charge is 0.211 e. The highest BCUT2D eigenvalue weighted by Crippen LogP contribution is 2.31. The SMILES string of the molecule is Cc1nc2c(c(N3CCC(N(C)S(C)(=O)=O)CC3)n1)CCC2. The lowest BCUT2D eigenvalue weighted by Crippen LogP contribution is -2.45. The third kappa shape index (κ3) is 2.96. The third-order valence-electron chi connectivity index (χ3n) is 4.82. The van der Waals surface area contributed by atoms with Gasteiger partial charge in [-0.1, -0.05) is 0 Å². The second kappa shape index (κ2) is 5.77. The molecule has 0 bridgehead atoms. The van der Waals surface area contributed by atoms with Crippen LogP contribution in [0.5, 0.6) is 0 Å². The van der Waals surface area contributed by atoms with Crippen LogP contribution in [0, 0.1) is 6.92 Å². The Morgan fingerprint density at radius 2 is 1.86 bits per heavy atom. The lowest BCUT2D eigenvalue weighted by atomic mass is 10.0. The zero-order valence-electron chi connectivity index (χ0n) is 13.5. The van der Waals surface area contributed by atoms with Crippen LogP contribution < -0.4 is 4.90 Å². The second-order valence-electron chi connectivity index (χ2n) is 6.37. The molecule has 0 amide bonds. The zero-order valence-corrected chi connectivity index (χ0v) is 14.4. The van der Waals surface area contributed by atoms with Gasteiger partial charge in [0, 0.05) is 37.4 Å². The number of hydrogen-bond acceptors (Lipinski definition) is 5. The summed E-state index contributed by atoms with van der Waals surface area (Å²) < 4.78 is 24.9. The van der Waals surface area contributed by atoms with Crippen molar-refractivity contribution in [2.45, 2.75) is 45.1 Å². The summed E-state index contributed by atoms with van der Waals surface area (Å²) in [4.78, 5) is 11.5. The largest absolute Gasteiger partial charge is 0.356 e. The van der Waals surface area contributed by atoms with Gasteiger partial charge in [-0.15, -0.1) is 0 Å². The van der Waals surface area contributed by atoms with Crippen LogP contribution in [0.25, 0.3) is 0 Å². The number of rotatable bonds is 3. The summed E-state index contributed by atoms with van der Waals surface area (Å²) in [5.74, 6) is 1.92. The topological polar surface area (TPSA) is 66.4 Å². The molecule has 1 aliphatic carbocycles. The minimum Gasteiger partial charge on any atom is -0.356 e. The molecule has 2 heterocycles. The van der Waals surface area contributed by atoms with E-state index in [4.69, 9.17) is 0 Å². The minimum absolute atomic E-state index is 0.0993. The van der Waals surface area contributed by atoms with Gasteiger partial charge in [0.15, 0.2) is 0 Å². The Morgan fingerprint density at radius 3 is 2.50 bits per heavy atom. The van der Waals surface area contributed by atoms with Gasteiger partial charge in [-0.25, -0.2) is 22.7 Å². The van der Waals surface area contributed by atoms with E-state index in [0.717, 1.165) is 56.8 Å². The number of piperidine rings is 1. The molecule has 1 aromatic heterocycles. The molecule has 0 unspecified atom stereocenters. The van der Waals surface area contributed by atoms with E-state index in [2.05, 4.69) is 14.9 Å². The molecular formula is C15H24N4O2S. The Hall–Kier alpha value is -1.21. The fourth-order valence-corrected chi connectivity index (χ4v) is 4.26. The minimum atomic E-state index is -3.11. The zero-order chi connectivity index (χ0) is 15.9. The molecule has 6 nitrogen and oxygen atoms in total. The highest BCUT2D eigenvalue weighted by atomic mass is 32.2. The number of hydrogen-bond donors (Lipinski definition) is 0. The molecule has 1 saturated heterocycles. The van der Waals surface area contributed by atoms with Crippen molar-refractivity contribution in [3.8, 4) is 0 Å². The molecule has 0 saturated carbocycles. The highest BCUT2D eigenvalue weighted by molar-refractivity contribution is 7.88. The van der Waals surface area contributed by atoms with Crippen LogP contribution >= 0.6 is 0 Å². The Bertz CT molecular complexity index is 666. The van der Waals surface area contributed by atoms with E-state index in [0.29, 0.717) is 0 Å². The molecule has 0 atom stereocenters. The van der Waals surface area contributed by atoms with Crippen molar-refractivity contribution in [3.63, 3.8) is 0 Å². The summed E-state index contributed by atoms with van der Waals surface area (Å²) in [5.41, 5.74) is 2.51. The number of nitrogens with zero attached hydrogens (tertiary/aromatic N) is 4. The van der Waals surface area contributed by atoms with Crippen molar-refractivity contribution >= 4 is 15.8 Å². The Labute approximate surface area is 132 Å². The number of fused-ring (bicyclic) bond motifs is 1. The Kier molecular flexibility index (Phi) is 4.11. The normalized spacial score (nSPS) is 19.7. The Balaban J connectivity index is 1.75. The lowest BCUT2D eigenvalue weighted by Gasteiger charge is -2.37. The molecule has 0 aromatic carbocycles. The quantitative estimate of drug-likeness (QED) is 0.834. The van der Waals surface area contributed by atoms with Crippen LogP contribution in [-0.4, -0.2) is 55.1 Å². The standard InChI is InChI=1S/C15H24N4O2S/c1-11-16-14-6-4-5-13(14)15(17-11)19-9-7-12(8-10-19)18(2)22(3,20)21/h12H,4-10H2,1-3H3. The van der Waals surface area contributed by atoms with Crippen molar-refractivity contribution in [3.05, 3.63) is 17.1 Å². The number of sulfonamides is 1. The molecule has 0 radical (unpaired) electrons. The first kappa shape index (κ1) is 15.7. The van der Waals surface area contributed by atoms with Gasteiger partial charge in [-0.05, 0) is 39.0 Å². The summed E-state index contributed by atoms with van der Waals surface area (Å²) in [5, 5.41) is 0. The predicted molar refractivity (Wildman–Crippen MR) is 86.6 cm³/mol. The van der Waals surface area contributed by atoms with E-state index in [1.54, 1.807) is 7.05 Å². The van der Waals surface area contributed by atoms with Gasteiger partial charge in [0.05, 0.1) is 6.26 Å². The molecule has 2 aliphatic rings. The first-order valence-corrected chi connectivity index (χ1v) is 9.75. The molecular weight excluding hydrogens is 300 g/mol. The summed E-state index contributed by atoms with van der Waals surface area (Å²) in [6.45, 7) is 3.66. The van der Waals surface area contributed by atoms with Crippen molar-refractivity contribution in [2.24, 2.45) is 0 Å². The van der Waals surface area contributed by atoms with Gasteiger partial charge in [-0.3, -0.25) is 0 Å². The van der Waals surface area contributed by atoms with E-state index >= 15 is 0 Å². The van der Waals surface area contributed by atoms with Crippen LogP contribution in [-0.2, 0) is 22.9 Å². The van der Waals surface area contributed by atoms with E-state index in [1.807, 2.05) is 6.92 Å². The second-order valence-corrected chi connectivity index (χ2v) is 8.41. The van der Waals surface area contributed by atoms with Gasteiger partial charge >= 0.3 is 0 Å². The first-order chi connectivity index (χ1) is 10.4. The van der Waals surface area contributed by atoms with Gasteiger partial charge in [0.1, 0.15) is 11.6 Å². The van der Waals surface area contributed by atoms with Gasteiger partial charge in [-0.2, -0.15) is 0 Å². The molecule has 22 heavy (non-hydrogen) atoms. The van der Waals surface area contributed by atoms with Gasteiger partial charge < -0.3 is 4.90 Å².